The van der Waals surface area contributed by atoms with Gasteiger partial charge in [-0.3, -0.25) is 19.6 Å². The Morgan fingerprint density at radius 2 is 1.10 bits per heavy atom. The molecule has 0 radical (unpaired) electrons. The molecule has 0 unspecified atom stereocenters. The van der Waals surface area contributed by atoms with Crippen LogP contribution in [0.2, 0.25) is 0 Å². The maximum absolute atomic E-state index is 11.9. The largest absolute Gasteiger partial charge is 0.380 e. The maximum atomic E-state index is 11.9. The topological polar surface area (TPSA) is 187 Å². The lowest BCUT2D eigenvalue weighted by Crippen LogP contribution is -2.27. The van der Waals surface area contributed by atoms with Crippen molar-refractivity contribution in [3.05, 3.63) is 83.7 Å². The lowest BCUT2D eigenvalue weighted by molar-refractivity contribution is 0.0942. The van der Waals surface area contributed by atoms with E-state index in [2.05, 4.69) is 41.2 Å². The Balaban J connectivity index is 1.62. The van der Waals surface area contributed by atoms with Crippen LogP contribution in [0.4, 0.5) is 0 Å². The Morgan fingerprint density at radius 1 is 0.667 bits per heavy atom. The maximum Gasteiger partial charge on any atom is 0.290 e. The van der Waals surface area contributed by atoms with Gasteiger partial charge in [-0.2, -0.15) is 10.2 Å². The van der Waals surface area contributed by atoms with Crippen molar-refractivity contribution in [2.75, 3.05) is 0 Å². The number of pyridine rings is 2. The summed E-state index contributed by atoms with van der Waals surface area (Å²) in [7, 11) is 0. The van der Waals surface area contributed by atoms with E-state index in [0.29, 0.717) is 0 Å². The molecule has 3 rings (SSSR count). The Morgan fingerprint density at radius 3 is 1.43 bits per heavy atom. The highest BCUT2D eigenvalue weighted by Gasteiger charge is 2.09. The third kappa shape index (κ3) is 5.16. The monoisotopic (exact) mass is 404 g/mol. The van der Waals surface area contributed by atoms with E-state index < -0.39 is 11.8 Å². The third-order valence-corrected chi connectivity index (χ3v) is 3.54. The van der Waals surface area contributed by atoms with Gasteiger partial charge in [0.05, 0.1) is 0 Å². The van der Waals surface area contributed by atoms with Gasteiger partial charge in [-0.05, 0) is 36.4 Å². The normalized spacial score (nSPS) is 11.6. The predicted octanol–water partition coefficient (Wildman–Crippen LogP) is -0.633. The number of amidine groups is 2. The quantitative estimate of drug-likeness (QED) is 0.237. The van der Waals surface area contributed by atoms with E-state index in [1.165, 1.54) is 36.7 Å². The number of aromatic nitrogens is 4. The number of carbonyl (C=O) groups excluding carboxylic acids is 2. The number of hydrazone groups is 2. The molecule has 12 nitrogen and oxygen atoms in total. The molecule has 0 aliphatic rings. The van der Waals surface area contributed by atoms with E-state index in [9.17, 15) is 9.59 Å². The molecule has 0 aromatic carbocycles. The van der Waals surface area contributed by atoms with Crippen LogP contribution in [0.15, 0.2) is 71.1 Å². The molecular weight excluding hydrogens is 388 g/mol. The molecule has 0 spiro atoms. The number of hydrogen-bond donors (Lipinski definition) is 4. The van der Waals surface area contributed by atoms with E-state index >= 15 is 0 Å². The Labute approximate surface area is 170 Å². The molecule has 0 fully saturated rings. The minimum Gasteiger partial charge on any atom is -0.380 e. The summed E-state index contributed by atoms with van der Waals surface area (Å²) >= 11 is 0. The van der Waals surface area contributed by atoms with Gasteiger partial charge in [0, 0.05) is 12.4 Å². The first-order chi connectivity index (χ1) is 14.5. The Bertz CT molecular complexity index is 994. The van der Waals surface area contributed by atoms with Crippen molar-refractivity contribution in [1.82, 2.24) is 31.0 Å². The number of carbonyl (C=O) groups is 2. The summed E-state index contributed by atoms with van der Waals surface area (Å²) in [6, 6.07) is 12.7. The van der Waals surface area contributed by atoms with Gasteiger partial charge in [0.15, 0.2) is 11.7 Å². The molecule has 150 valence electrons. The molecule has 3 aromatic heterocycles. The van der Waals surface area contributed by atoms with Crippen molar-refractivity contribution in [1.29, 1.82) is 0 Å². The van der Waals surface area contributed by atoms with Gasteiger partial charge in [0.2, 0.25) is 0 Å². The molecule has 0 aliphatic carbocycles. The summed E-state index contributed by atoms with van der Waals surface area (Å²) in [5.74, 6) is -1.19. The van der Waals surface area contributed by atoms with Crippen LogP contribution >= 0.6 is 0 Å². The van der Waals surface area contributed by atoms with Gasteiger partial charge in [0.1, 0.15) is 22.8 Å². The molecule has 3 aromatic rings. The summed E-state index contributed by atoms with van der Waals surface area (Å²) in [5, 5.41) is 15.3. The second-order valence-corrected chi connectivity index (χ2v) is 5.61. The van der Waals surface area contributed by atoms with Crippen molar-refractivity contribution in [3.8, 4) is 0 Å². The summed E-state index contributed by atoms with van der Waals surface area (Å²) in [6.07, 6.45) is 2.97. The molecule has 12 heteroatoms. The van der Waals surface area contributed by atoms with E-state index in [1.807, 2.05) is 0 Å². The van der Waals surface area contributed by atoms with Gasteiger partial charge in [-0.25, -0.2) is 10.9 Å². The standard InChI is InChI=1S/C18H16N10O2/c19-15(25-27-17(29)13-5-1-3-9-21-13)11-7-8-12(24-23-11)16(20)26-28-18(30)14-6-2-4-10-22-14/h1-10H,(H2,19,25)(H2,20,26)(H,27,29)(H,28,30). The summed E-state index contributed by atoms with van der Waals surface area (Å²) in [6.45, 7) is 0. The van der Waals surface area contributed by atoms with Crippen molar-refractivity contribution in [3.63, 3.8) is 0 Å². The van der Waals surface area contributed by atoms with Gasteiger partial charge in [-0.1, -0.05) is 12.1 Å². The fourth-order valence-corrected chi connectivity index (χ4v) is 2.05. The van der Waals surface area contributed by atoms with Crippen LogP contribution in [0.25, 0.3) is 0 Å². The molecule has 0 atom stereocenters. The number of amides is 2. The highest BCUT2D eigenvalue weighted by atomic mass is 16.2. The second kappa shape index (κ2) is 9.45. The molecule has 6 N–H and O–H groups in total. The minimum absolute atomic E-state index is 0.0719. The highest BCUT2D eigenvalue weighted by Crippen LogP contribution is 1.98. The number of nitrogens with two attached hydrogens (primary N) is 2. The predicted molar refractivity (Wildman–Crippen MR) is 107 cm³/mol. The Kier molecular flexibility index (Phi) is 6.30. The van der Waals surface area contributed by atoms with Gasteiger partial charge >= 0.3 is 0 Å². The molecule has 30 heavy (non-hydrogen) atoms. The molecule has 0 bridgehead atoms. The number of rotatable bonds is 6. The zero-order valence-corrected chi connectivity index (χ0v) is 15.4. The van der Waals surface area contributed by atoms with Crippen LogP contribution in [0.1, 0.15) is 32.4 Å². The smallest absolute Gasteiger partial charge is 0.290 e. The van der Waals surface area contributed by atoms with Gasteiger partial charge in [-0.15, -0.1) is 10.2 Å². The summed E-state index contributed by atoms with van der Waals surface area (Å²) in [5.41, 5.74) is 16.9. The lowest BCUT2D eigenvalue weighted by Gasteiger charge is -2.03. The van der Waals surface area contributed by atoms with Crippen LogP contribution in [0.5, 0.6) is 0 Å². The zero-order valence-electron chi connectivity index (χ0n) is 15.4. The van der Waals surface area contributed by atoms with Gasteiger partial charge in [0.25, 0.3) is 11.8 Å². The van der Waals surface area contributed by atoms with Crippen molar-refractivity contribution >= 4 is 23.5 Å². The molecule has 0 saturated heterocycles. The van der Waals surface area contributed by atoms with E-state index in [1.54, 1.807) is 24.3 Å². The number of nitrogens with one attached hydrogen (secondary N) is 2. The molecule has 0 aliphatic heterocycles. The average Bonchev–Trinajstić information content (AvgIpc) is 2.81. The third-order valence-electron chi connectivity index (χ3n) is 3.54. The first kappa shape index (κ1) is 20.0. The van der Waals surface area contributed by atoms with Crippen molar-refractivity contribution in [2.45, 2.75) is 0 Å². The van der Waals surface area contributed by atoms with E-state index in [-0.39, 0.29) is 34.4 Å². The lowest BCUT2D eigenvalue weighted by atomic mass is 10.3. The Hall–Kier alpha value is -4.74. The second-order valence-electron chi connectivity index (χ2n) is 5.61. The van der Waals surface area contributed by atoms with Crippen molar-refractivity contribution in [2.24, 2.45) is 21.7 Å². The molecule has 3 heterocycles. The summed E-state index contributed by atoms with van der Waals surface area (Å²) in [4.78, 5) is 31.6. The van der Waals surface area contributed by atoms with Crippen LogP contribution in [0.3, 0.4) is 0 Å². The minimum atomic E-state index is -0.525. The molecule has 0 saturated carbocycles. The number of nitrogens with zero attached hydrogens (tertiary/aromatic N) is 6. The average molecular weight is 404 g/mol. The fraction of sp³-hybridized carbons (Fsp3) is 0. The molecule has 2 amide bonds. The zero-order chi connectivity index (χ0) is 21.3. The van der Waals surface area contributed by atoms with Crippen LogP contribution in [-0.2, 0) is 0 Å². The summed E-state index contributed by atoms with van der Waals surface area (Å²) < 4.78 is 0. The van der Waals surface area contributed by atoms with E-state index in [0.717, 1.165) is 0 Å². The van der Waals surface area contributed by atoms with Crippen LogP contribution < -0.4 is 22.3 Å². The van der Waals surface area contributed by atoms with Gasteiger partial charge < -0.3 is 11.5 Å². The highest BCUT2D eigenvalue weighted by molar-refractivity contribution is 6.00. The SMILES string of the molecule is N/C(=N\NC(=O)c1ccccn1)c1ccc(/C(N)=N/NC(=O)c2ccccn2)nn1. The van der Waals surface area contributed by atoms with Crippen molar-refractivity contribution < 1.29 is 9.59 Å². The van der Waals surface area contributed by atoms with Crippen LogP contribution in [0, 0.1) is 0 Å². The van der Waals surface area contributed by atoms with Crippen LogP contribution in [-0.4, -0.2) is 43.7 Å². The molecular formula is C18H16N10O2. The fourth-order valence-electron chi connectivity index (χ4n) is 2.05. The first-order valence-electron chi connectivity index (χ1n) is 8.48. The number of hydrogen-bond acceptors (Lipinski definition) is 8. The van der Waals surface area contributed by atoms with E-state index in [4.69, 9.17) is 11.5 Å². The first-order valence-corrected chi connectivity index (χ1v) is 8.48.